The molecule has 0 amide bonds. The zero-order valence-corrected chi connectivity index (χ0v) is 11.8. The molecule has 2 rings (SSSR count). The van der Waals surface area contributed by atoms with Crippen molar-refractivity contribution in [2.75, 3.05) is 13.7 Å². The zero-order chi connectivity index (χ0) is 13.0. The smallest absolute Gasteiger partial charge is 0.0731 e. The number of aryl methyl sites for hydroxylation is 2. The van der Waals surface area contributed by atoms with Crippen LogP contribution in [0, 0.1) is 13.8 Å². The number of hydrogen-bond donors (Lipinski definition) is 1. The Hall–Kier alpha value is -0.860. The van der Waals surface area contributed by atoms with Crippen molar-refractivity contribution in [1.29, 1.82) is 0 Å². The first-order valence-corrected chi connectivity index (χ1v) is 7.05. The number of benzene rings is 1. The quantitative estimate of drug-likeness (QED) is 0.883. The molecule has 1 heterocycles. The summed E-state index contributed by atoms with van der Waals surface area (Å²) in [5.74, 6) is 0. The predicted octanol–water partition coefficient (Wildman–Crippen LogP) is 3.00. The molecule has 2 nitrogen and oxygen atoms in total. The Morgan fingerprint density at radius 1 is 1.33 bits per heavy atom. The third kappa shape index (κ3) is 3.33. The molecule has 2 atom stereocenters. The molecule has 18 heavy (non-hydrogen) atoms. The van der Waals surface area contributed by atoms with E-state index in [1.54, 1.807) is 0 Å². The molecule has 0 aliphatic carbocycles. The van der Waals surface area contributed by atoms with Crippen molar-refractivity contribution >= 4 is 0 Å². The van der Waals surface area contributed by atoms with Crippen LogP contribution >= 0.6 is 0 Å². The minimum atomic E-state index is 0.378. The maximum absolute atomic E-state index is 5.91. The summed E-state index contributed by atoms with van der Waals surface area (Å²) in [4.78, 5) is 0. The van der Waals surface area contributed by atoms with Gasteiger partial charge in [-0.1, -0.05) is 23.8 Å². The molecule has 0 aromatic heterocycles. The molecule has 1 aliphatic rings. The highest BCUT2D eigenvalue weighted by molar-refractivity contribution is 5.31. The molecule has 0 spiro atoms. The van der Waals surface area contributed by atoms with Gasteiger partial charge in [-0.05, 0) is 57.7 Å². The second-order valence-corrected chi connectivity index (χ2v) is 5.43. The molecule has 2 heteroatoms. The first kappa shape index (κ1) is 13.6. The number of hydrogen-bond acceptors (Lipinski definition) is 2. The molecule has 100 valence electrons. The van der Waals surface area contributed by atoms with Gasteiger partial charge in [0.25, 0.3) is 0 Å². The van der Waals surface area contributed by atoms with Gasteiger partial charge in [0.2, 0.25) is 0 Å². The molecule has 2 unspecified atom stereocenters. The van der Waals surface area contributed by atoms with Crippen molar-refractivity contribution in [3.63, 3.8) is 0 Å². The molecular weight excluding hydrogens is 222 g/mol. The zero-order valence-electron chi connectivity index (χ0n) is 11.8. The van der Waals surface area contributed by atoms with Crippen molar-refractivity contribution in [3.8, 4) is 0 Å². The van der Waals surface area contributed by atoms with Crippen molar-refractivity contribution < 1.29 is 4.74 Å². The van der Waals surface area contributed by atoms with Crippen LogP contribution in [-0.2, 0) is 11.2 Å². The summed E-state index contributed by atoms with van der Waals surface area (Å²) < 4.78 is 5.91. The van der Waals surface area contributed by atoms with Gasteiger partial charge in [0.1, 0.15) is 0 Å². The van der Waals surface area contributed by atoms with E-state index in [9.17, 15) is 0 Å². The molecule has 1 saturated heterocycles. The summed E-state index contributed by atoms with van der Waals surface area (Å²) in [6.07, 6.45) is 5.15. The Morgan fingerprint density at radius 2 is 2.17 bits per heavy atom. The van der Waals surface area contributed by atoms with E-state index in [0.717, 1.165) is 13.0 Å². The predicted molar refractivity (Wildman–Crippen MR) is 76.1 cm³/mol. The minimum Gasteiger partial charge on any atom is -0.377 e. The molecule has 1 aliphatic heterocycles. The topological polar surface area (TPSA) is 21.3 Å². The Labute approximate surface area is 111 Å². The lowest BCUT2D eigenvalue weighted by Crippen LogP contribution is -2.42. The molecule has 0 saturated carbocycles. The number of likely N-dealkylation sites (N-methyl/N-ethyl adjacent to an activating group) is 1. The van der Waals surface area contributed by atoms with Crippen LogP contribution < -0.4 is 5.32 Å². The maximum Gasteiger partial charge on any atom is 0.0731 e. The number of rotatable bonds is 4. The van der Waals surface area contributed by atoms with Crippen LogP contribution in [-0.4, -0.2) is 25.8 Å². The third-order valence-electron chi connectivity index (χ3n) is 3.98. The summed E-state index contributed by atoms with van der Waals surface area (Å²) in [6.45, 7) is 5.29. The van der Waals surface area contributed by atoms with Gasteiger partial charge in [-0.3, -0.25) is 0 Å². The van der Waals surface area contributed by atoms with E-state index in [0.29, 0.717) is 12.1 Å². The van der Waals surface area contributed by atoms with E-state index in [1.165, 1.54) is 36.0 Å². The van der Waals surface area contributed by atoms with Gasteiger partial charge in [-0.2, -0.15) is 0 Å². The van der Waals surface area contributed by atoms with E-state index in [2.05, 4.69) is 37.4 Å². The second-order valence-electron chi connectivity index (χ2n) is 5.43. The fraction of sp³-hybridized carbons (Fsp3) is 0.625. The normalized spacial score (nSPS) is 21.8. The Morgan fingerprint density at radius 3 is 2.83 bits per heavy atom. The first-order valence-electron chi connectivity index (χ1n) is 7.05. The molecule has 1 aromatic rings. The van der Waals surface area contributed by atoms with Crippen LogP contribution in [0.3, 0.4) is 0 Å². The van der Waals surface area contributed by atoms with Gasteiger partial charge < -0.3 is 10.1 Å². The standard InChI is InChI=1S/C16H25NO/c1-12-7-8-13(2)14(10-12)11-15(17-3)16-6-4-5-9-18-16/h7-8,10,15-17H,4-6,9,11H2,1-3H3. The van der Waals surface area contributed by atoms with Gasteiger partial charge in [-0.25, -0.2) is 0 Å². The summed E-state index contributed by atoms with van der Waals surface area (Å²) >= 11 is 0. The van der Waals surface area contributed by atoms with E-state index < -0.39 is 0 Å². The maximum atomic E-state index is 5.91. The Bertz CT molecular complexity index is 383. The lowest BCUT2D eigenvalue weighted by Gasteiger charge is -2.30. The summed E-state index contributed by atoms with van der Waals surface area (Å²) in [6, 6.07) is 7.15. The lowest BCUT2D eigenvalue weighted by molar-refractivity contribution is -0.00589. The van der Waals surface area contributed by atoms with Gasteiger partial charge in [0.15, 0.2) is 0 Å². The van der Waals surface area contributed by atoms with Crippen molar-refractivity contribution in [3.05, 3.63) is 34.9 Å². The fourth-order valence-corrected chi connectivity index (χ4v) is 2.76. The fourth-order valence-electron chi connectivity index (χ4n) is 2.76. The van der Waals surface area contributed by atoms with Crippen molar-refractivity contribution in [2.24, 2.45) is 0 Å². The number of nitrogens with one attached hydrogen (secondary N) is 1. The molecule has 1 fully saturated rings. The van der Waals surface area contributed by atoms with Crippen LogP contribution in [0.5, 0.6) is 0 Å². The second kappa shape index (κ2) is 6.35. The van der Waals surface area contributed by atoms with E-state index in [1.807, 2.05) is 7.05 Å². The average Bonchev–Trinajstić information content (AvgIpc) is 2.41. The summed E-state index contributed by atoms with van der Waals surface area (Å²) in [7, 11) is 2.05. The van der Waals surface area contributed by atoms with Crippen LogP contribution in [0.4, 0.5) is 0 Å². The monoisotopic (exact) mass is 247 g/mol. The van der Waals surface area contributed by atoms with Gasteiger partial charge >= 0.3 is 0 Å². The van der Waals surface area contributed by atoms with E-state index in [-0.39, 0.29) is 0 Å². The van der Waals surface area contributed by atoms with Crippen LogP contribution in [0.1, 0.15) is 36.0 Å². The Kier molecular flexibility index (Phi) is 4.79. The minimum absolute atomic E-state index is 0.378. The molecule has 1 N–H and O–H groups in total. The van der Waals surface area contributed by atoms with Crippen LogP contribution in [0.15, 0.2) is 18.2 Å². The molecular formula is C16H25NO. The van der Waals surface area contributed by atoms with Crippen molar-refractivity contribution in [1.82, 2.24) is 5.32 Å². The molecule has 1 aromatic carbocycles. The van der Waals surface area contributed by atoms with Gasteiger partial charge in [0.05, 0.1) is 6.10 Å². The number of ether oxygens (including phenoxy) is 1. The third-order valence-corrected chi connectivity index (χ3v) is 3.98. The largest absolute Gasteiger partial charge is 0.377 e. The van der Waals surface area contributed by atoms with E-state index >= 15 is 0 Å². The molecule has 0 radical (unpaired) electrons. The van der Waals surface area contributed by atoms with E-state index in [4.69, 9.17) is 4.74 Å². The van der Waals surface area contributed by atoms with Gasteiger partial charge in [-0.15, -0.1) is 0 Å². The highest BCUT2D eigenvalue weighted by Gasteiger charge is 2.23. The van der Waals surface area contributed by atoms with Gasteiger partial charge in [0, 0.05) is 12.6 Å². The summed E-state index contributed by atoms with van der Waals surface area (Å²) in [5, 5.41) is 3.44. The van der Waals surface area contributed by atoms with Crippen LogP contribution in [0.2, 0.25) is 0 Å². The lowest BCUT2D eigenvalue weighted by atomic mass is 9.93. The van der Waals surface area contributed by atoms with Crippen molar-refractivity contribution in [2.45, 2.75) is 51.7 Å². The average molecular weight is 247 g/mol. The summed E-state index contributed by atoms with van der Waals surface area (Å²) in [5.41, 5.74) is 4.18. The highest BCUT2D eigenvalue weighted by atomic mass is 16.5. The SMILES string of the molecule is CNC(Cc1cc(C)ccc1C)C1CCCCO1. The highest BCUT2D eigenvalue weighted by Crippen LogP contribution is 2.20. The van der Waals surface area contributed by atoms with Crippen LogP contribution in [0.25, 0.3) is 0 Å². The first-order chi connectivity index (χ1) is 8.70. The Balaban J connectivity index is 2.06. The molecule has 0 bridgehead atoms.